The maximum absolute atomic E-state index is 9.10. The highest BCUT2D eigenvalue weighted by Crippen LogP contribution is 2.21. The number of thiazole rings is 1. The number of nitrogens with one attached hydrogen (secondary N) is 1. The summed E-state index contributed by atoms with van der Waals surface area (Å²) < 4.78 is 0. The van der Waals surface area contributed by atoms with Crippen molar-refractivity contribution in [2.45, 2.75) is 46.6 Å². The summed E-state index contributed by atoms with van der Waals surface area (Å²) in [7, 11) is 0. The Morgan fingerprint density at radius 1 is 1.39 bits per heavy atom. The Labute approximate surface area is 115 Å². The number of hydrogen-bond donors (Lipinski definition) is 2. The zero-order valence-corrected chi connectivity index (χ0v) is 12.8. The molecule has 0 bridgehead atoms. The zero-order chi connectivity index (χ0) is 13.5. The molecule has 0 saturated carbocycles. The predicted molar refractivity (Wildman–Crippen MR) is 77.9 cm³/mol. The molecule has 0 amide bonds. The smallest absolute Gasteiger partial charge is 0.0897 e. The molecule has 0 aliphatic rings. The summed E-state index contributed by atoms with van der Waals surface area (Å²) in [5.74, 6) is 1.25. The predicted octanol–water partition coefficient (Wildman–Crippen LogP) is 3.15. The first-order valence-electron chi connectivity index (χ1n) is 6.79. The van der Waals surface area contributed by atoms with Crippen LogP contribution in [0.15, 0.2) is 6.20 Å². The number of aliphatic hydroxyl groups excluding tert-OH is 1. The van der Waals surface area contributed by atoms with Crippen molar-refractivity contribution < 1.29 is 5.11 Å². The largest absolute Gasteiger partial charge is 0.396 e. The first kappa shape index (κ1) is 15.6. The van der Waals surface area contributed by atoms with Gasteiger partial charge in [0.05, 0.1) is 5.01 Å². The first-order valence-corrected chi connectivity index (χ1v) is 7.61. The number of aliphatic hydroxyl groups is 1. The Morgan fingerprint density at radius 2 is 2.11 bits per heavy atom. The minimum absolute atomic E-state index is 0.285. The second-order valence-electron chi connectivity index (χ2n) is 5.42. The molecule has 3 nitrogen and oxygen atoms in total. The van der Waals surface area contributed by atoms with Crippen molar-refractivity contribution >= 4 is 11.3 Å². The molecule has 1 rings (SSSR count). The lowest BCUT2D eigenvalue weighted by Gasteiger charge is -2.21. The molecule has 1 heterocycles. The number of rotatable bonds is 8. The van der Waals surface area contributed by atoms with Crippen LogP contribution in [0.25, 0.3) is 0 Å². The maximum Gasteiger partial charge on any atom is 0.0897 e. The molecule has 1 aromatic rings. The van der Waals surface area contributed by atoms with Gasteiger partial charge >= 0.3 is 0 Å². The van der Waals surface area contributed by atoms with Crippen molar-refractivity contribution in [3.63, 3.8) is 0 Å². The highest BCUT2D eigenvalue weighted by Gasteiger charge is 2.13. The minimum atomic E-state index is 0.285. The zero-order valence-electron chi connectivity index (χ0n) is 11.9. The standard InChI is InChI=1S/C14H26N2OS/c1-10(2)7-13(5-6-17)8-15-11(3)14-9-16-12(4)18-14/h9-11,13,15,17H,5-8H2,1-4H3. The van der Waals surface area contributed by atoms with Crippen molar-refractivity contribution in [3.8, 4) is 0 Å². The minimum Gasteiger partial charge on any atom is -0.396 e. The van der Waals surface area contributed by atoms with Crippen LogP contribution in [0, 0.1) is 18.8 Å². The van der Waals surface area contributed by atoms with Crippen LogP contribution < -0.4 is 5.32 Å². The molecule has 0 radical (unpaired) electrons. The molecule has 2 unspecified atom stereocenters. The molecule has 104 valence electrons. The fraction of sp³-hybridized carbons (Fsp3) is 0.786. The SMILES string of the molecule is Cc1ncc(C(C)NCC(CCO)CC(C)C)s1. The molecule has 2 atom stereocenters. The molecule has 0 aliphatic heterocycles. The molecule has 1 aromatic heterocycles. The molecule has 0 aromatic carbocycles. The third kappa shape index (κ3) is 5.46. The lowest BCUT2D eigenvalue weighted by atomic mass is 9.94. The fourth-order valence-corrected chi connectivity index (χ4v) is 2.99. The van der Waals surface area contributed by atoms with Crippen molar-refractivity contribution in [2.75, 3.05) is 13.2 Å². The Balaban J connectivity index is 2.41. The van der Waals surface area contributed by atoms with Crippen LogP contribution in [0.4, 0.5) is 0 Å². The normalized spacial score (nSPS) is 15.0. The summed E-state index contributed by atoms with van der Waals surface area (Å²) in [5.41, 5.74) is 0. The summed E-state index contributed by atoms with van der Waals surface area (Å²) in [6.07, 6.45) is 4.02. The Bertz CT molecular complexity index is 338. The van der Waals surface area contributed by atoms with Crippen LogP contribution in [0.2, 0.25) is 0 Å². The van der Waals surface area contributed by atoms with Crippen molar-refractivity contribution in [3.05, 3.63) is 16.1 Å². The van der Waals surface area contributed by atoms with Crippen molar-refractivity contribution in [1.29, 1.82) is 0 Å². The van der Waals surface area contributed by atoms with E-state index < -0.39 is 0 Å². The quantitative estimate of drug-likeness (QED) is 0.763. The van der Waals surface area contributed by atoms with Crippen LogP contribution in [0.3, 0.4) is 0 Å². The van der Waals surface area contributed by atoms with E-state index in [0.29, 0.717) is 17.9 Å². The molecule has 0 fully saturated rings. The molecular formula is C14H26N2OS. The van der Waals surface area contributed by atoms with Gasteiger partial charge < -0.3 is 10.4 Å². The number of aromatic nitrogens is 1. The van der Waals surface area contributed by atoms with Crippen LogP contribution in [-0.2, 0) is 0 Å². The van der Waals surface area contributed by atoms with Crippen LogP contribution >= 0.6 is 11.3 Å². The monoisotopic (exact) mass is 270 g/mol. The van der Waals surface area contributed by atoms with Gasteiger partial charge in [0, 0.05) is 23.7 Å². The Morgan fingerprint density at radius 3 is 2.61 bits per heavy atom. The fourth-order valence-electron chi connectivity index (χ4n) is 2.17. The topological polar surface area (TPSA) is 45.2 Å². The van der Waals surface area contributed by atoms with Crippen molar-refractivity contribution in [1.82, 2.24) is 10.3 Å². The van der Waals surface area contributed by atoms with E-state index in [1.54, 1.807) is 11.3 Å². The van der Waals surface area contributed by atoms with E-state index in [0.717, 1.165) is 18.0 Å². The summed E-state index contributed by atoms with van der Waals surface area (Å²) >= 11 is 1.75. The average Bonchev–Trinajstić information content (AvgIpc) is 2.72. The van der Waals surface area contributed by atoms with Gasteiger partial charge in [0.2, 0.25) is 0 Å². The summed E-state index contributed by atoms with van der Waals surface area (Å²) in [5, 5.41) is 13.8. The van der Waals surface area contributed by atoms with Gasteiger partial charge in [-0.25, -0.2) is 4.98 Å². The van der Waals surface area contributed by atoms with Crippen molar-refractivity contribution in [2.24, 2.45) is 11.8 Å². The molecule has 0 saturated heterocycles. The van der Waals surface area contributed by atoms with E-state index in [9.17, 15) is 0 Å². The molecule has 18 heavy (non-hydrogen) atoms. The van der Waals surface area contributed by atoms with E-state index in [-0.39, 0.29) is 6.61 Å². The average molecular weight is 270 g/mol. The van der Waals surface area contributed by atoms with Gasteiger partial charge in [0.1, 0.15) is 0 Å². The summed E-state index contributed by atoms with van der Waals surface area (Å²) in [6.45, 7) is 9.94. The van der Waals surface area contributed by atoms with E-state index in [2.05, 4.69) is 31.1 Å². The highest BCUT2D eigenvalue weighted by molar-refractivity contribution is 7.11. The maximum atomic E-state index is 9.10. The van der Waals surface area contributed by atoms with E-state index in [4.69, 9.17) is 5.11 Å². The van der Waals surface area contributed by atoms with Gasteiger partial charge in [-0.2, -0.15) is 0 Å². The second-order valence-corrected chi connectivity index (χ2v) is 6.69. The molecule has 0 aliphatic carbocycles. The number of hydrogen-bond acceptors (Lipinski definition) is 4. The van der Waals surface area contributed by atoms with E-state index in [1.807, 2.05) is 13.1 Å². The van der Waals surface area contributed by atoms with Gasteiger partial charge in [0.15, 0.2) is 0 Å². The number of nitrogens with zero attached hydrogens (tertiary/aromatic N) is 1. The second kappa shape index (κ2) is 7.87. The molecule has 4 heteroatoms. The lowest BCUT2D eigenvalue weighted by molar-refractivity contribution is 0.237. The van der Waals surface area contributed by atoms with E-state index in [1.165, 1.54) is 11.3 Å². The third-order valence-electron chi connectivity index (χ3n) is 3.12. The van der Waals surface area contributed by atoms with Crippen LogP contribution in [0.1, 0.15) is 49.5 Å². The Hall–Kier alpha value is -0.450. The lowest BCUT2D eigenvalue weighted by Crippen LogP contribution is -2.27. The molecule has 2 N–H and O–H groups in total. The van der Waals surface area contributed by atoms with Gasteiger partial charge in [0.25, 0.3) is 0 Å². The van der Waals surface area contributed by atoms with Gasteiger partial charge in [-0.3, -0.25) is 0 Å². The number of aryl methyl sites for hydroxylation is 1. The van der Waals surface area contributed by atoms with Crippen LogP contribution in [-0.4, -0.2) is 23.2 Å². The van der Waals surface area contributed by atoms with Gasteiger partial charge in [-0.15, -0.1) is 11.3 Å². The highest BCUT2D eigenvalue weighted by atomic mass is 32.1. The van der Waals surface area contributed by atoms with E-state index >= 15 is 0 Å². The summed E-state index contributed by atoms with van der Waals surface area (Å²) in [6, 6.07) is 0.351. The van der Waals surface area contributed by atoms with Gasteiger partial charge in [-0.1, -0.05) is 13.8 Å². The Kier molecular flexibility index (Phi) is 6.82. The van der Waals surface area contributed by atoms with Gasteiger partial charge in [-0.05, 0) is 45.1 Å². The first-order chi connectivity index (χ1) is 8.52. The third-order valence-corrected chi connectivity index (χ3v) is 4.22. The van der Waals surface area contributed by atoms with Crippen LogP contribution in [0.5, 0.6) is 0 Å². The summed E-state index contributed by atoms with van der Waals surface area (Å²) in [4.78, 5) is 5.58. The molecular weight excluding hydrogens is 244 g/mol. The molecule has 0 spiro atoms.